The van der Waals surface area contributed by atoms with Crippen LogP contribution in [0.3, 0.4) is 0 Å². The average molecular weight is 659 g/mol. The number of carbonyl (C=O) groups excluding carboxylic acids is 2. The number of amides is 2. The van der Waals surface area contributed by atoms with Gasteiger partial charge in [0.1, 0.15) is 11.8 Å². The van der Waals surface area contributed by atoms with Crippen molar-refractivity contribution in [2.75, 3.05) is 38.7 Å². The summed E-state index contributed by atoms with van der Waals surface area (Å²) in [5, 5.41) is 13.4. The number of benzene rings is 2. The first kappa shape index (κ1) is 31.8. The standard InChI is InChI=1S/C33H37Cl2N3O7/c1-43-24-15-37(16-24)21-12-22(17-44-23-8-6-19(7-9-23)33(41)42)38(14-21)31(39)11-20-10-28(35)29(13-27(20)34)36-32(40)26-18-45-30-5-3-2-4-25(26)30/h2-5,10,13,18-19,21-24H,6-9,11-12,14-17H2,1H3,(H,36,40)(H,41,42)/t19-,21-,22-,23-/m0/s1. The Morgan fingerprint density at radius 1 is 1.02 bits per heavy atom. The maximum atomic E-state index is 13.8. The minimum Gasteiger partial charge on any atom is -0.481 e. The largest absolute Gasteiger partial charge is 0.481 e. The molecule has 45 heavy (non-hydrogen) atoms. The van der Waals surface area contributed by atoms with Crippen LogP contribution in [-0.2, 0) is 25.5 Å². The molecule has 3 fully saturated rings. The van der Waals surface area contributed by atoms with Gasteiger partial charge in [0.25, 0.3) is 5.91 Å². The zero-order valence-corrected chi connectivity index (χ0v) is 26.6. The molecule has 2 saturated heterocycles. The highest BCUT2D eigenvalue weighted by Gasteiger charge is 2.42. The molecule has 0 bridgehead atoms. The number of carboxylic acids is 1. The third kappa shape index (κ3) is 7.00. The number of likely N-dealkylation sites (tertiary alicyclic amines) is 2. The predicted molar refractivity (Wildman–Crippen MR) is 170 cm³/mol. The van der Waals surface area contributed by atoms with E-state index in [4.69, 9.17) is 37.1 Å². The van der Waals surface area contributed by atoms with Gasteiger partial charge in [0.15, 0.2) is 0 Å². The lowest BCUT2D eigenvalue weighted by Gasteiger charge is -2.42. The Kier molecular flexibility index (Phi) is 9.68. The van der Waals surface area contributed by atoms with Crippen molar-refractivity contribution in [1.29, 1.82) is 0 Å². The summed E-state index contributed by atoms with van der Waals surface area (Å²) >= 11 is 13.2. The fraction of sp³-hybridized carbons (Fsp3) is 0.485. The van der Waals surface area contributed by atoms with E-state index in [-0.39, 0.29) is 53.5 Å². The van der Waals surface area contributed by atoms with Gasteiger partial charge >= 0.3 is 5.97 Å². The Bertz CT molecular complexity index is 1560. The number of anilines is 1. The van der Waals surface area contributed by atoms with Crippen LogP contribution in [0.1, 0.15) is 48.0 Å². The number of nitrogens with zero attached hydrogens (tertiary/aromatic N) is 2. The number of hydrogen-bond acceptors (Lipinski definition) is 7. The number of nitrogens with one attached hydrogen (secondary N) is 1. The van der Waals surface area contributed by atoms with Gasteiger partial charge in [-0.3, -0.25) is 19.3 Å². The van der Waals surface area contributed by atoms with Crippen LogP contribution in [0, 0.1) is 5.92 Å². The number of rotatable bonds is 10. The summed E-state index contributed by atoms with van der Waals surface area (Å²) in [5.41, 5.74) is 1.88. The molecule has 1 aromatic heterocycles. The van der Waals surface area contributed by atoms with E-state index in [1.807, 2.05) is 17.0 Å². The molecule has 10 nitrogen and oxygen atoms in total. The van der Waals surface area contributed by atoms with Crippen LogP contribution in [0.2, 0.25) is 10.0 Å². The van der Waals surface area contributed by atoms with E-state index in [2.05, 4.69) is 10.2 Å². The van der Waals surface area contributed by atoms with Crippen LogP contribution in [0.5, 0.6) is 0 Å². The molecule has 240 valence electrons. The number of carbonyl (C=O) groups is 3. The fourth-order valence-corrected chi connectivity index (χ4v) is 7.15. The van der Waals surface area contributed by atoms with Crippen molar-refractivity contribution in [3.63, 3.8) is 0 Å². The molecule has 1 saturated carbocycles. The first-order chi connectivity index (χ1) is 21.7. The molecule has 1 aliphatic carbocycles. The van der Waals surface area contributed by atoms with Crippen molar-refractivity contribution < 1.29 is 33.4 Å². The summed E-state index contributed by atoms with van der Waals surface area (Å²) in [6, 6.07) is 10.5. The molecule has 2 atom stereocenters. The molecule has 3 aliphatic rings. The van der Waals surface area contributed by atoms with Crippen molar-refractivity contribution in [3.8, 4) is 0 Å². The number of para-hydroxylation sites is 1. The Morgan fingerprint density at radius 3 is 2.51 bits per heavy atom. The van der Waals surface area contributed by atoms with Crippen molar-refractivity contribution in [2.45, 2.75) is 62.8 Å². The Balaban J connectivity index is 1.11. The molecule has 3 heterocycles. The van der Waals surface area contributed by atoms with Crippen LogP contribution in [0.25, 0.3) is 11.0 Å². The lowest BCUT2D eigenvalue weighted by atomic mass is 9.87. The molecule has 0 unspecified atom stereocenters. The van der Waals surface area contributed by atoms with Crippen LogP contribution in [0.15, 0.2) is 47.1 Å². The molecule has 0 spiro atoms. The third-order valence-electron chi connectivity index (χ3n) is 9.44. The van der Waals surface area contributed by atoms with Crippen LogP contribution >= 0.6 is 23.2 Å². The van der Waals surface area contributed by atoms with Crippen molar-refractivity contribution >= 4 is 57.6 Å². The molecule has 2 N–H and O–H groups in total. The van der Waals surface area contributed by atoms with Crippen molar-refractivity contribution in [1.82, 2.24) is 9.80 Å². The van der Waals surface area contributed by atoms with E-state index in [1.54, 1.807) is 31.4 Å². The number of hydrogen-bond donors (Lipinski definition) is 2. The van der Waals surface area contributed by atoms with E-state index < -0.39 is 5.97 Å². The molecule has 2 amide bonds. The zero-order valence-electron chi connectivity index (χ0n) is 25.0. The number of ether oxygens (including phenoxy) is 2. The average Bonchev–Trinajstić information content (AvgIpc) is 3.63. The van der Waals surface area contributed by atoms with Gasteiger partial charge in [0.2, 0.25) is 5.91 Å². The lowest BCUT2D eigenvalue weighted by Crippen LogP contribution is -2.56. The number of fused-ring (bicyclic) bond motifs is 1. The van der Waals surface area contributed by atoms with Gasteiger partial charge in [0.05, 0.1) is 53.5 Å². The minimum atomic E-state index is -0.742. The second-order valence-corrected chi connectivity index (χ2v) is 13.1. The Hall–Kier alpha value is -3.15. The van der Waals surface area contributed by atoms with Crippen LogP contribution in [0.4, 0.5) is 5.69 Å². The zero-order chi connectivity index (χ0) is 31.7. The van der Waals surface area contributed by atoms with E-state index >= 15 is 0 Å². The molecular weight excluding hydrogens is 621 g/mol. The predicted octanol–water partition coefficient (Wildman–Crippen LogP) is 5.49. The van der Waals surface area contributed by atoms with Crippen molar-refractivity contribution in [2.24, 2.45) is 5.92 Å². The van der Waals surface area contributed by atoms with E-state index in [9.17, 15) is 19.5 Å². The highest BCUT2D eigenvalue weighted by molar-refractivity contribution is 6.36. The van der Waals surface area contributed by atoms with E-state index in [0.29, 0.717) is 71.6 Å². The lowest BCUT2D eigenvalue weighted by molar-refractivity contribution is -0.144. The quantitative estimate of drug-likeness (QED) is 0.293. The monoisotopic (exact) mass is 657 g/mol. The summed E-state index contributed by atoms with van der Waals surface area (Å²) in [6.07, 6.45) is 5.07. The molecule has 2 aliphatic heterocycles. The number of carboxylic acid groups (broad SMARTS) is 1. The van der Waals surface area contributed by atoms with Gasteiger partial charge in [-0.2, -0.15) is 0 Å². The van der Waals surface area contributed by atoms with Gasteiger partial charge in [-0.1, -0.05) is 41.4 Å². The first-order valence-corrected chi connectivity index (χ1v) is 16.1. The van der Waals surface area contributed by atoms with Gasteiger partial charge < -0.3 is 29.2 Å². The maximum Gasteiger partial charge on any atom is 0.306 e. The third-order valence-corrected chi connectivity index (χ3v) is 10.1. The molecule has 6 rings (SSSR count). The van der Waals surface area contributed by atoms with Gasteiger partial charge in [-0.05, 0) is 55.9 Å². The molecule has 12 heteroatoms. The topological polar surface area (TPSA) is 122 Å². The number of methoxy groups -OCH3 is 1. The van der Waals surface area contributed by atoms with Crippen LogP contribution in [-0.4, -0.2) is 90.3 Å². The summed E-state index contributed by atoms with van der Waals surface area (Å²) in [5.74, 6) is -1.51. The van der Waals surface area contributed by atoms with Gasteiger partial charge in [-0.25, -0.2) is 0 Å². The number of halogens is 2. The van der Waals surface area contributed by atoms with Gasteiger partial charge in [0, 0.05) is 43.2 Å². The summed E-state index contributed by atoms with van der Waals surface area (Å²) in [7, 11) is 1.72. The van der Waals surface area contributed by atoms with E-state index in [1.165, 1.54) is 6.26 Å². The second-order valence-electron chi connectivity index (χ2n) is 12.2. The number of aliphatic carboxylic acids is 1. The smallest absolute Gasteiger partial charge is 0.306 e. The molecule has 0 radical (unpaired) electrons. The fourth-order valence-electron chi connectivity index (χ4n) is 6.69. The molecule has 2 aromatic carbocycles. The SMILES string of the molecule is COC1CN([C@H]2C[C@@H](CO[C@H]3CC[C@H](C(=O)O)CC3)N(C(=O)Cc3cc(Cl)c(NC(=O)c4coc5ccccc45)cc3Cl)C2)C1. The number of furan rings is 1. The highest BCUT2D eigenvalue weighted by Crippen LogP contribution is 2.34. The van der Waals surface area contributed by atoms with Crippen LogP contribution < -0.4 is 5.32 Å². The second kappa shape index (κ2) is 13.7. The molecule has 3 aromatic rings. The highest BCUT2D eigenvalue weighted by atomic mass is 35.5. The Labute approximate surface area is 271 Å². The van der Waals surface area contributed by atoms with E-state index in [0.717, 1.165) is 19.5 Å². The minimum absolute atomic E-state index is 0.00507. The van der Waals surface area contributed by atoms with Gasteiger partial charge in [-0.15, -0.1) is 0 Å². The summed E-state index contributed by atoms with van der Waals surface area (Å²) in [6.45, 7) is 2.64. The molecular formula is C33H37Cl2N3O7. The summed E-state index contributed by atoms with van der Waals surface area (Å²) < 4.78 is 17.2. The maximum absolute atomic E-state index is 13.8. The normalized spacial score (nSPS) is 24.1. The Morgan fingerprint density at radius 2 is 1.78 bits per heavy atom. The van der Waals surface area contributed by atoms with Crippen molar-refractivity contribution in [3.05, 3.63) is 63.8 Å². The summed E-state index contributed by atoms with van der Waals surface area (Å²) in [4.78, 5) is 42.4. The first-order valence-electron chi connectivity index (χ1n) is 15.4.